The van der Waals surface area contributed by atoms with Crippen molar-refractivity contribution in [2.45, 2.75) is 57.3 Å². The van der Waals surface area contributed by atoms with Crippen LogP contribution < -0.4 is 10.6 Å². The molecule has 2 aliphatic heterocycles. The predicted molar refractivity (Wildman–Crippen MR) is 62.2 cm³/mol. The molecule has 0 aromatic carbocycles. The van der Waals surface area contributed by atoms with E-state index in [0.717, 1.165) is 32.4 Å². The molecule has 3 atom stereocenters. The van der Waals surface area contributed by atoms with Crippen molar-refractivity contribution in [3.63, 3.8) is 0 Å². The third-order valence-electron chi connectivity index (χ3n) is 3.42. The average molecular weight is 226 g/mol. The van der Waals surface area contributed by atoms with Crippen molar-refractivity contribution >= 4 is 5.91 Å². The summed E-state index contributed by atoms with van der Waals surface area (Å²) in [6.07, 6.45) is 5.39. The van der Waals surface area contributed by atoms with Gasteiger partial charge in [-0.3, -0.25) is 4.79 Å². The molecule has 0 aliphatic carbocycles. The van der Waals surface area contributed by atoms with Crippen molar-refractivity contribution in [1.29, 1.82) is 0 Å². The van der Waals surface area contributed by atoms with Crippen LogP contribution in [0.4, 0.5) is 0 Å². The Morgan fingerprint density at radius 2 is 2.19 bits per heavy atom. The fourth-order valence-corrected chi connectivity index (χ4v) is 2.43. The van der Waals surface area contributed by atoms with Crippen LogP contribution in [0.2, 0.25) is 0 Å². The van der Waals surface area contributed by atoms with Gasteiger partial charge in [0.15, 0.2) is 0 Å². The van der Waals surface area contributed by atoms with Gasteiger partial charge >= 0.3 is 0 Å². The Hall–Kier alpha value is -0.610. The summed E-state index contributed by atoms with van der Waals surface area (Å²) in [6.45, 7) is 4.00. The van der Waals surface area contributed by atoms with E-state index >= 15 is 0 Å². The van der Waals surface area contributed by atoms with Gasteiger partial charge in [0.25, 0.3) is 0 Å². The van der Waals surface area contributed by atoms with E-state index in [1.165, 1.54) is 12.8 Å². The van der Waals surface area contributed by atoms with Crippen LogP contribution in [-0.2, 0) is 9.53 Å². The lowest BCUT2D eigenvalue weighted by Crippen LogP contribution is -2.45. The Bertz CT molecular complexity index is 237. The van der Waals surface area contributed by atoms with Crippen LogP contribution in [0.5, 0.6) is 0 Å². The maximum atomic E-state index is 11.9. The average Bonchev–Trinajstić information content (AvgIpc) is 2.54. The molecule has 2 saturated heterocycles. The Kier molecular flexibility index (Phi) is 4.18. The monoisotopic (exact) mass is 226 g/mol. The van der Waals surface area contributed by atoms with Crippen LogP contribution >= 0.6 is 0 Å². The second-order valence-electron chi connectivity index (χ2n) is 4.92. The van der Waals surface area contributed by atoms with E-state index in [1.54, 1.807) is 0 Å². The second-order valence-corrected chi connectivity index (χ2v) is 4.92. The number of ether oxygens (including phenoxy) is 1. The molecule has 92 valence electrons. The maximum absolute atomic E-state index is 11.9. The SMILES string of the molecule is CC1CCC(C(=O)NC2CCCCNC2)O1. The van der Waals surface area contributed by atoms with Crippen molar-refractivity contribution in [2.75, 3.05) is 13.1 Å². The summed E-state index contributed by atoms with van der Waals surface area (Å²) in [5.41, 5.74) is 0. The number of carbonyl (C=O) groups excluding carboxylic acids is 1. The number of hydrogen-bond donors (Lipinski definition) is 2. The molecule has 0 bridgehead atoms. The quantitative estimate of drug-likeness (QED) is 0.732. The summed E-state index contributed by atoms with van der Waals surface area (Å²) >= 11 is 0. The van der Waals surface area contributed by atoms with E-state index in [0.29, 0.717) is 0 Å². The fraction of sp³-hybridized carbons (Fsp3) is 0.917. The van der Waals surface area contributed by atoms with E-state index in [9.17, 15) is 4.79 Å². The van der Waals surface area contributed by atoms with Gasteiger partial charge < -0.3 is 15.4 Å². The predicted octanol–water partition coefficient (Wildman–Crippen LogP) is 0.812. The van der Waals surface area contributed by atoms with Gasteiger partial charge in [-0.1, -0.05) is 6.42 Å². The Morgan fingerprint density at radius 1 is 1.31 bits per heavy atom. The van der Waals surface area contributed by atoms with Crippen LogP contribution in [0, 0.1) is 0 Å². The molecule has 0 aromatic heterocycles. The van der Waals surface area contributed by atoms with Crippen molar-refractivity contribution in [1.82, 2.24) is 10.6 Å². The van der Waals surface area contributed by atoms with Gasteiger partial charge in [-0.05, 0) is 39.2 Å². The van der Waals surface area contributed by atoms with Gasteiger partial charge in [0.1, 0.15) is 6.10 Å². The zero-order chi connectivity index (χ0) is 11.4. The van der Waals surface area contributed by atoms with E-state index in [4.69, 9.17) is 4.74 Å². The molecule has 2 fully saturated rings. The van der Waals surface area contributed by atoms with Gasteiger partial charge in [0.05, 0.1) is 6.10 Å². The first-order chi connectivity index (χ1) is 7.75. The zero-order valence-electron chi connectivity index (χ0n) is 10.00. The van der Waals surface area contributed by atoms with Gasteiger partial charge in [-0.15, -0.1) is 0 Å². The highest BCUT2D eigenvalue weighted by Gasteiger charge is 2.29. The summed E-state index contributed by atoms with van der Waals surface area (Å²) in [6, 6.07) is 0.287. The molecule has 2 rings (SSSR count). The fourth-order valence-electron chi connectivity index (χ4n) is 2.43. The van der Waals surface area contributed by atoms with Gasteiger partial charge in [0.2, 0.25) is 5.91 Å². The first-order valence-corrected chi connectivity index (χ1v) is 6.42. The molecule has 4 nitrogen and oxygen atoms in total. The molecule has 16 heavy (non-hydrogen) atoms. The lowest BCUT2D eigenvalue weighted by atomic mass is 10.1. The minimum Gasteiger partial charge on any atom is -0.365 e. The molecule has 0 spiro atoms. The van der Waals surface area contributed by atoms with Crippen LogP contribution in [-0.4, -0.2) is 37.2 Å². The first-order valence-electron chi connectivity index (χ1n) is 6.42. The third kappa shape index (κ3) is 3.19. The summed E-state index contributed by atoms with van der Waals surface area (Å²) in [5.74, 6) is 0.0815. The first kappa shape index (κ1) is 11.9. The van der Waals surface area contributed by atoms with Crippen molar-refractivity contribution in [2.24, 2.45) is 0 Å². The van der Waals surface area contributed by atoms with E-state index < -0.39 is 0 Å². The number of carbonyl (C=O) groups is 1. The van der Waals surface area contributed by atoms with E-state index in [2.05, 4.69) is 10.6 Å². The molecular formula is C12H22N2O2. The Morgan fingerprint density at radius 3 is 2.94 bits per heavy atom. The molecule has 2 aliphatic rings. The highest BCUT2D eigenvalue weighted by atomic mass is 16.5. The molecule has 0 saturated carbocycles. The second kappa shape index (κ2) is 5.64. The molecule has 2 N–H and O–H groups in total. The number of amides is 1. The minimum atomic E-state index is -0.210. The maximum Gasteiger partial charge on any atom is 0.249 e. The highest BCUT2D eigenvalue weighted by molar-refractivity contribution is 5.81. The molecule has 4 heteroatoms. The van der Waals surface area contributed by atoms with Crippen molar-refractivity contribution < 1.29 is 9.53 Å². The van der Waals surface area contributed by atoms with Crippen LogP contribution in [0.15, 0.2) is 0 Å². The standard InChI is InChI=1S/C12H22N2O2/c1-9-5-6-11(16-9)12(15)14-10-4-2-3-7-13-8-10/h9-11,13H,2-8H2,1H3,(H,14,15). The molecule has 0 aromatic rings. The van der Waals surface area contributed by atoms with Gasteiger partial charge in [-0.25, -0.2) is 0 Å². The zero-order valence-corrected chi connectivity index (χ0v) is 10.00. The van der Waals surface area contributed by atoms with Crippen molar-refractivity contribution in [3.05, 3.63) is 0 Å². The molecule has 2 heterocycles. The topological polar surface area (TPSA) is 50.4 Å². The van der Waals surface area contributed by atoms with E-state index in [-0.39, 0.29) is 24.2 Å². The molecule has 1 amide bonds. The van der Waals surface area contributed by atoms with Crippen LogP contribution in [0.1, 0.15) is 39.0 Å². The largest absolute Gasteiger partial charge is 0.365 e. The summed E-state index contributed by atoms with van der Waals surface area (Å²) < 4.78 is 5.56. The third-order valence-corrected chi connectivity index (χ3v) is 3.42. The number of nitrogens with one attached hydrogen (secondary N) is 2. The van der Waals surface area contributed by atoms with Crippen LogP contribution in [0.25, 0.3) is 0 Å². The van der Waals surface area contributed by atoms with E-state index in [1.807, 2.05) is 6.92 Å². The normalized spacial score (nSPS) is 35.7. The Labute approximate surface area is 97.1 Å². The lowest BCUT2D eigenvalue weighted by molar-refractivity contribution is -0.132. The summed E-state index contributed by atoms with van der Waals surface area (Å²) in [7, 11) is 0. The minimum absolute atomic E-state index is 0.0815. The smallest absolute Gasteiger partial charge is 0.249 e. The van der Waals surface area contributed by atoms with Gasteiger partial charge in [0, 0.05) is 12.6 Å². The lowest BCUT2D eigenvalue weighted by Gasteiger charge is -2.19. The van der Waals surface area contributed by atoms with Crippen molar-refractivity contribution in [3.8, 4) is 0 Å². The number of rotatable bonds is 2. The highest BCUT2D eigenvalue weighted by Crippen LogP contribution is 2.19. The number of hydrogen-bond acceptors (Lipinski definition) is 3. The summed E-state index contributed by atoms with van der Waals surface area (Å²) in [4.78, 5) is 11.9. The van der Waals surface area contributed by atoms with Crippen LogP contribution in [0.3, 0.4) is 0 Å². The Balaban J connectivity index is 1.77. The summed E-state index contributed by atoms with van der Waals surface area (Å²) in [5, 5.41) is 6.44. The molecule has 3 unspecified atom stereocenters. The molecule has 0 radical (unpaired) electrons. The molecular weight excluding hydrogens is 204 g/mol. The van der Waals surface area contributed by atoms with Gasteiger partial charge in [-0.2, -0.15) is 0 Å².